The Morgan fingerprint density at radius 3 is 2.87 bits per heavy atom. The molecule has 0 aromatic heterocycles. The highest BCUT2D eigenvalue weighted by Gasteiger charge is 2.34. The maximum Gasteiger partial charge on any atom is 0.208 e. The van der Waals surface area contributed by atoms with E-state index in [9.17, 15) is 4.79 Å². The van der Waals surface area contributed by atoms with Gasteiger partial charge in [0.05, 0.1) is 10.6 Å². The van der Waals surface area contributed by atoms with Crippen molar-refractivity contribution in [2.75, 3.05) is 0 Å². The van der Waals surface area contributed by atoms with Gasteiger partial charge in [-0.2, -0.15) is 0 Å². The summed E-state index contributed by atoms with van der Waals surface area (Å²) in [5.41, 5.74) is 0.584. The molecule has 0 saturated heterocycles. The van der Waals surface area contributed by atoms with Gasteiger partial charge in [0, 0.05) is 4.47 Å². The zero-order valence-corrected chi connectivity index (χ0v) is 10.6. The minimum atomic E-state index is -0.360. The molecule has 0 aliphatic carbocycles. The quantitative estimate of drug-likeness (QED) is 0.826. The summed E-state index contributed by atoms with van der Waals surface area (Å²) in [7, 11) is 0. The third-order valence-electron chi connectivity index (χ3n) is 2.41. The lowest BCUT2D eigenvalue weighted by atomic mass is 10.1. The van der Waals surface area contributed by atoms with Crippen molar-refractivity contribution >= 4 is 33.3 Å². The first-order valence-corrected chi connectivity index (χ1v) is 6.01. The maximum atomic E-state index is 11.9. The fraction of sp³-hybridized carbons (Fsp3) is 0.364. The number of fused-ring (bicyclic) bond motifs is 1. The van der Waals surface area contributed by atoms with Gasteiger partial charge in [0.1, 0.15) is 0 Å². The summed E-state index contributed by atoms with van der Waals surface area (Å²) in [5.74, 6) is 0.552. The van der Waals surface area contributed by atoms with Crippen LogP contribution in [0, 0.1) is 0 Å². The molecule has 15 heavy (non-hydrogen) atoms. The zero-order chi connectivity index (χ0) is 11.0. The molecule has 1 aliphatic heterocycles. The second kappa shape index (κ2) is 4.14. The lowest BCUT2D eigenvalue weighted by Crippen LogP contribution is -2.19. The largest absolute Gasteiger partial charge is 0.480 e. The molecule has 1 atom stereocenters. The molecule has 2 nitrogen and oxygen atoms in total. The Hall–Kier alpha value is -0.540. The summed E-state index contributed by atoms with van der Waals surface area (Å²) in [4.78, 5) is 11.9. The highest BCUT2D eigenvalue weighted by atomic mass is 79.9. The highest BCUT2D eigenvalue weighted by Crippen LogP contribution is 2.40. The van der Waals surface area contributed by atoms with Crippen LogP contribution in [0.3, 0.4) is 0 Å². The van der Waals surface area contributed by atoms with Gasteiger partial charge < -0.3 is 4.74 Å². The lowest BCUT2D eigenvalue weighted by Gasteiger charge is -2.07. The third kappa shape index (κ3) is 1.79. The molecule has 80 valence electrons. The average Bonchev–Trinajstić information content (AvgIpc) is 2.53. The Morgan fingerprint density at radius 1 is 1.53 bits per heavy atom. The van der Waals surface area contributed by atoms with Crippen LogP contribution in [0.2, 0.25) is 5.02 Å². The molecule has 0 N–H and O–H groups in total. The van der Waals surface area contributed by atoms with Crippen molar-refractivity contribution < 1.29 is 9.53 Å². The zero-order valence-electron chi connectivity index (χ0n) is 8.22. The number of hydrogen-bond donors (Lipinski definition) is 0. The van der Waals surface area contributed by atoms with Crippen LogP contribution in [0.1, 0.15) is 30.1 Å². The molecule has 1 heterocycles. The first kappa shape index (κ1) is 11.0. The molecule has 0 saturated carbocycles. The van der Waals surface area contributed by atoms with E-state index in [1.807, 2.05) is 6.92 Å². The topological polar surface area (TPSA) is 26.3 Å². The summed E-state index contributed by atoms with van der Waals surface area (Å²) in [6.07, 6.45) is 1.29. The molecule has 0 bridgehead atoms. The van der Waals surface area contributed by atoms with Crippen LogP contribution >= 0.6 is 27.5 Å². The first-order valence-electron chi connectivity index (χ1n) is 4.84. The van der Waals surface area contributed by atoms with Gasteiger partial charge in [-0.3, -0.25) is 4.79 Å². The fourth-order valence-electron chi connectivity index (χ4n) is 1.69. The van der Waals surface area contributed by atoms with Crippen LogP contribution in [-0.4, -0.2) is 11.9 Å². The molecule has 1 aromatic rings. The number of carbonyl (C=O) groups is 1. The van der Waals surface area contributed by atoms with E-state index in [-0.39, 0.29) is 11.9 Å². The Balaban J connectivity index is 2.44. The summed E-state index contributed by atoms with van der Waals surface area (Å²) in [5, 5.41) is 0.500. The number of halogens is 2. The van der Waals surface area contributed by atoms with Crippen LogP contribution < -0.4 is 4.74 Å². The Labute approximate surface area is 102 Å². The van der Waals surface area contributed by atoms with E-state index in [1.54, 1.807) is 12.1 Å². The molecular weight excluding hydrogens is 279 g/mol. The van der Waals surface area contributed by atoms with Gasteiger partial charge in [-0.05, 0) is 34.5 Å². The number of carbonyl (C=O) groups excluding carboxylic acids is 1. The van der Waals surface area contributed by atoms with Crippen molar-refractivity contribution in [2.24, 2.45) is 0 Å². The molecule has 0 spiro atoms. The molecule has 1 aromatic carbocycles. The van der Waals surface area contributed by atoms with Gasteiger partial charge in [-0.1, -0.05) is 24.9 Å². The second-order valence-electron chi connectivity index (χ2n) is 3.49. The van der Waals surface area contributed by atoms with Crippen molar-refractivity contribution in [3.63, 3.8) is 0 Å². The SMILES string of the molecule is CCCC1Oc2c(Cl)ccc(Br)c2C1=O. The molecule has 0 radical (unpaired) electrons. The van der Waals surface area contributed by atoms with Gasteiger partial charge in [-0.15, -0.1) is 0 Å². The van der Waals surface area contributed by atoms with Crippen molar-refractivity contribution in [3.05, 3.63) is 27.2 Å². The van der Waals surface area contributed by atoms with Crippen molar-refractivity contribution in [3.8, 4) is 5.75 Å². The number of Topliss-reactive ketones (excluding diaryl/α,β-unsaturated/α-hetero) is 1. The van der Waals surface area contributed by atoms with E-state index < -0.39 is 0 Å². The second-order valence-corrected chi connectivity index (χ2v) is 4.75. The predicted molar refractivity (Wildman–Crippen MR) is 62.8 cm³/mol. The number of ether oxygens (including phenoxy) is 1. The number of benzene rings is 1. The molecular formula is C11H10BrClO2. The van der Waals surface area contributed by atoms with Gasteiger partial charge in [-0.25, -0.2) is 0 Å². The Morgan fingerprint density at radius 2 is 2.27 bits per heavy atom. The van der Waals surface area contributed by atoms with E-state index in [4.69, 9.17) is 16.3 Å². The van der Waals surface area contributed by atoms with Gasteiger partial charge in [0.2, 0.25) is 5.78 Å². The van der Waals surface area contributed by atoms with Crippen LogP contribution in [0.4, 0.5) is 0 Å². The molecule has 2 rings (SSSR count). The monoisotopic (exact) mass is 288 g/mol. The fourth-order valence-corrected chi connectivity index (χ4v) is 2.40. The van der Waals surface area contributed by atoms with Crippen LogP contribution in [0.15, 0.2) is 16.6 Å². The van der Waals surface area contributed by atoms with Crippen LogP contribution in [0.5, 0.6) is 5.75 Å². The number of ketones is 1. The summed E-state index contributed by atoms with van der Waals surface area (Å²) in [6, 6.07) is 3.50. The van der Waals surface area contributed by atoms with E-state index >= 15 is 0 Å². The van der Waals surface area contributed by atoms with Crippen molar-refractivity contribution in [1.29, 1.82) is 0 Å². The smallest absolute Gasteiger partial charge is 0.208 e. The van der Waals surface area contributed by atoms with Crippen molar-refractivity contribution in [2.45, 2.75) is 25.9 Å². The number of rotatable bonds is 2. The summed E-state index contributed by atoms with van der Waals surface area (Å²) in [6.45, 7) is 2.02. The average molecular weight is 290 g/mol. The molecule has 0 fully saturated rings. The van der Waals surface area contributed by atoms with Crippen LogP contribution in [-0.2, 0) is 0 Å². The van der Waals surface area contributed by atoms with Gasteiger partial charge in [0.15, 0.2) is 11.9 Å². The van der Waals surface area contributed by atoms with E-state index in [0.29, 0.717) is 16.3 Å². The third-order valence-corrected chi connectivity index (χ3v) is 3.37. The van der Waals surface area contributed by atoms with Crippen molar-refractivity contribution in [1.82, 2.24) is 0 Å². The lowest BCUT2D eigenvalue weighted by molar-refractivity contribution is 0.0845. The molecule has 0 amide bonds. The van der Waals surface area contributed by atoms with E-state index in [1.165, 1.54) is 0 Å². The summed E-state index contributed by atoms with van der Waals surface area (Å²) >= 11 is 9.32. The highest BCUT2D eigenvalue weighted by molar-refractivity contribution is 9.10. The Kier molecular flexibility index (Phi) is 3.03. The molecule has 1 unspecified atom stereocenters. The maximum absolute atomic E-state index is 11.9. The minimum Gasteiger partial charge on any atom is -0.480 e. The van der Waals surface area contributed by atoms with Gasteiger partial charge >= 0.3 is 0 Å². The minimum absolute atomic E-state index is 0.0289. The van der Waals surface area contributed by atoms with E-state index in [0.717, 1.165) is 17.3 Å². The normalized spacial score (nSPS) is 18.9. The van der Waals surface area contributed by atoms with E-state index in [2.05, 4.69) is 15.9 Å². The first-order chi connectivity index (χ1) is 7.15. The summed E-state index contributed by atoms with van der Waals surface area (Å²) < 4.78 is 6.31. The molecule has 1 aliphatic rings. The Bertz CT molecular complexity index is 417. The van der Waals surface area contributed by atoms with Gasteiger partial charge in [0.25, 0.3) is 0 Å². The number of hydrogen-bond acceptors (Lipinski definition) is 2. The standard InChI is InChI=1S/C11H10BrClO2/c1-2-3-8-10(14)9-6(12)4-5-7(13)11(9)15-8/h4-5,8H,2-3H2,1H3. The molecule has 4 heteroatoms. The predicted octanol–water partition coefficient (Wildman–Crippen LogP) is 3.85. The van der Waals surface area contributed by atoms with Crippen LogP contribution in [0.25, 0.3) is 0 Å².